The maximum Gasteiger partial charge on any atom is 0.335 e. The first-order chi connectivity index (χ1) is 4.72. The van der Waals surface area contributed by atoms with Crippen LogP contribution in [0.3, 0.4) is 0 Å². The van der Waals surface area contributed by atoms with Crippen molar-refractivity contribution in [3.8, 4) is 0 Å². The molecular weight excluding hydrogens is 208 g/mol. The zero-order valence-corrected chi connectivity index (χ0v) is 7.79. The lowest BCUT2D eigenvalue weighted by atomic mass is 10.1. The number of carbonyl (C=O) groups is 1. The van der Waals surface area contributed by atoms with Crippen molar-refractivity contribution in [1.29, 1.82) is 0 Å². The van der Waals surface area contributed by atoms with Gasteiger partial charge in [0.25, 0.3) is 0 Å². The number of aromatic carboxylic acids is 1. The fraction of sp³-hybridized carbons (Fsp3) is 0.125. The van der Waals surface area contributed by atoms with E-state index in [0.717, 1.165) is 5.56 Å². The predicted octanol–water partition coefficient (Wildman–Crippen LogP) is 2.27. The number of carboxylic acids is 1. The minimum Gasteiger partial charge on any atom is -0.478 e. The topological polar surface area (TPSA) is 37.3 Å². The average molecular weight is 217 g/mol. The van der Waals surface area contributed by atoms with Crippen molar-refractivity contribution in [3.63, 3.8) is 0 Å². The minimum atomic E-state index is -0.863. The molecule has 0 radical (unpaired) electrons. The summed E-state index contributed by atoms with van der Waals surface area (Å²) in [6, 6.07) is 6.92. The Balaban J connectivity index is 0.000001000. The monoisotopic (exact) mass is 216 g/mol. The van der Waals surface area contributed by atoms with Gasteiger partial charge in [-0.1, -0.05) is 18.2 Å². The van der Waals surface area contributed by atoms with Gasteiger partial charge in [0.1, 0.15) is 0 Å². The molecule has 0 atom stereocenters. The highest BCUT2D eigenvalue weighted by Crippen LogP contribution is 2.05. The Kier molecular flexibility index (Phi) is 3.82. The predicted molar refractivity (Wildman–Crippen MR) is 48.5 cm³/mol. The van der Waals surface area contributed by atoms with Crippen molar-refractivity contribution in [3.05, 3.63) is 35.4 Å². The van der Waals surface area contributed by atoms with E-state index in [9.17, 15) is 4.79 Å². The van der Waals surface area contributed by atoms with Crippen LogP contribution in [0, 0.1) is 6.92 Å². The fourth-order valence-electron chi connectivity index (χ4n) is 0.813. The zero-order chi connectivity index (χ0) is 7.56. The Morgan fingerprint density at radius 1 is 1.36 bits per heavy atom. The van der Waals surface area contributed by atoms with Crippen molar-refractivity contribution in [2.45, 2.75) is 6.92 Å². The quantitative estimate of drug-likeness (QED) is 0.783. The van der Waals surface area contributed by atoms with E-state index in [-0.39, 0.29) is 17.0 Å². The Bertz CT molecular complexity index is 258. The molecule has 1 rings (SSSR count). The van der Waals surface area contributed by atoms with Crippen LogP contribution < -0.4 is 0 Å². The lowest BCUT2D eigenvalue weighted by Gasteiger charge is -1.96. The maximum absolute atomic E-state index is 10.4. The third kappa shape index (κ3) is 2.35. The van der Waals surface area contributed by atoms with E-state index >= 15 is 0 Å². The van der Waals surface area contributed by atoms with Gasteiger partial charge in [0.15, 0.2) is 0 Å². The molecule has 1 aromatic rings. The number of benzene rings is 1. The molecule has 0 aromatic heterocycles. The van der Waals surface area contributed by atoms with Gasteiger partial charge in [-0.15, -0.1) is 17.0 Å². The Labute approximate surface area is 75.6 Å². The lowest BCUT2D eigenvalue weighted by Crippen LogP contribution is -1.97. The third-order valence-electron chi connectivity index (χ3n) is 1.38. The number of rotatable bonds is 1. The van der Waals surface area contributed by atoms with Crippen LogP contribution in [0.2, 0.25) is 0 Å². The summed E-state index contributed by atoms with van der Waals surface area (Å²) >= 11 is 0. The lowest BCUT2D eigenvalue weighted by molar-refractivity contribution is 0.0696. The molecule has 0 saturated carbocycles. The molecule has 60 valence electrons. The van der Waals surface area contributed by atoms with Crippen molar-refractivity contribution >= 4 is 23.0 Å². The van der Waals surface area contributed by atoms with E-state index in [1.165, 1.54) is 0 Å². The molecule has 0 heterocycles. The van der Waals surface area contributed by atoms with Crippen LogP contribution in [-0.4, -0.2) is 11.1 Å². The van der Waals surface area contributed by atoms with Gasteiger partial charge in [0.2, 0.25) is 0 Å². The van der Waals surface area contributed by atoms with Crippen LogP contribution in [0.5, 0.6) is 0 Å². The smallest absolute Gasteiger partial charge is 0.335 e. The fourth-order valence-corrected chi connectivity index (χ4v) is 0.813. The van der Waals surface area contributed by atoms with Crippen LogP contribution in [0.4, 0.5) is 0 Å². The van der Waals surface area contributed by atoms with E-state index in [1.54, 1.807) is 25.1 Å². The third-order valence-corrected chi connectivity index (χ3v) is 1.38. The Morgan fingerprint density at radius 3 is 2.27 bits per heavy atom. The molecule has 11 heavy (non-hydrogen) atoms. The van der Waals surface area contributed by atoms with Crippen LogP contribution in [0.15, 0.2) is 24.3 Å². The molecule has 0 bridgehead atoms. The van der Waals surface area contributed by atoms with Gasteiger partial charge in [-0.2, -0.15) is 0 Å². The Hall–Kier alpha value is -0.830. The van der Waals surface area contributed by atoms with Crippen LogP contribution in [0.1, 0.15) is 15.9 Å². The Morgan fingerprint density at radius 2 is 1.91 bits per heavy atom. The molecule has 2 nitrogen and oxygen atoms in total. The van der Waals surface area contributed by atoms with E-state index in [0.29, 0.717) is 5.56 Å². The van der Waals surface area contributed by atoms with E-state index < -0.39 is 5.97 Å². The number of carboxylic acid groups (broad SMARTS) is 1. The zero-order valence-electron chi connectivity index (χ0n) is 6.07. The molecule has 0 aliphatic rings. The van der Waals surface area contributed by atoms with Gasteiger partial charge in [-0.3, -0.25) is 0 Å². The van der Waals surface area contributed by atoms with E-state index in [2.05, 4.69) is 0 Å². The van der Waals surface area contributed by atoms with Crippen LogP contribution in [0.25, 0.3) is 0 Å². The second-order valence-corrected chi connectivity index (χ2v) is 2.12. The first kappa shape index (κ1) is 10.2. The number of aryl methyl sites for hydroxylation is 1. The highest BCUT2D eigenvalue weighted by atomic mass is 79.9. The van der Waals surface area contributed by atoms with Crippen molar-refractivity contribution in [2.75, 3.05) is 0 Å². The van der Waals surface area contributed by atoms with Crippen molar-refractivity contribution < 1.29 is 9.90 Å². The number of hydrogen-bond acceptors (Lipinski definition) is 1. The molecule has 0 fully saturated rings. The first-order valence-electron chi connectivity index (χ1n) is 3.01. The summed E-state index contributed by atoms with van der Waals surface area (Å²) in [7, 11) is 0. The second-order valence-electron chi connectivity index (χ2n) is 2.12. The second kappa shape index (κ2) is 4.13. The van der Waals surface area contributed by atoms with Crippen molar-refractivity contribution in [1.82, 2.24) is 0 Å². The highest BCUT2D eigenvalue weighted by Gasteiger charge is 2.02. The molecule has 0 spiro atoms. The molecule has 0 aliphatic heterocycles. The molecule has 0 aliphatic carbocycles. The van der Waals surface area contributed by atoms with Crippen LogP contribution >= 0.6 is 17.0 Å². The van der Waals surface area contributed by atoms with Gasteiger partial charge in [-0.05, 0) is 18.6 Å². The van der Waals surface area contributed by atoms with E-state index in [1.807, 2.05) is 6.07 Å². The maximum atomic E-state index is 10.4. The molecule has 3 heteroatoms. The summed E-state index contributed by atoms with van der Waals surface area (Å²) in [5.41, 5.74) is 1.18. The van der Waals surface area contributed by atoms with Gasteiger partial charge in [0, 0.05) is 0 Å². The molecule has 1 aromatic carbocycles. The number of hydrogen-bond donors (Lipinski definition) is 1. The SMILES string of the molecule is Br.Cc1ccccc1C(=O)O. The van der Waals surface area contributed by atoms with Gasteiger partial charge >= 0.3 is 5.97 Å². The first-order valence-corrected chi connectivity index (χ1v) is 3.01. The molecule has 0 unspecified atom stereocenters. The summed E-state index contributed by atoms with van der Waals surface area (Å²) < 4.78 is 0. The summed E-state index contributed by atoms with van der Waals surface area (Å²) in [6.45, 7) is 1.78. The molecule has 0 saturated heterocycles. The van der Waals surface area contributed by atoms with Crippen LogP contribution in [-0.2, 0) is 0 Å². The summed E-state index contributed by atoms with van der Waals surface area (Å²) in [5.74, 6) is -0.863. The van der Waals surface area contributed by atoms with Gasteiger partial charge in [0.05, 0.1) is 5.56 Å². The summed E-state index contributed by atoms with van der Waals surface area (Å²) in [6.07, 6.45) is 0. The molecular formula is C8H9BrO2. The largest absolute Gasteiger partial charge is 0.478 e. The molecule has 1 N–H and O–H groups in total. The van der Waals surface area contributed by atoms with Crippen molar-refractivity contribution in [2.24, 2.45) is 0 Å². The summed E-state index contributed by atoms with van der Waals surface area (Å²) in [4.78, 5) is 10.4. The van der Waals surface area contributed by atoms with Gasteiger partial charge in [-0.25, -0.2) is 4.79 Å². The number of halogens is 1. The molecule has 0 amide bonds. The standard InChI is InChI=1S/C8H8O2.BrH/c1-6-4-2-3-5-7(6)8(9)10;/h2-5H,1H3,(H,9,10);1H. The van der Waals surface area contributed by atoms with Gasteiger partial charge < -0.3 is 5.11 Å². The minimum absolute atomic E-state index is 0. The normalized spacial score (nSPS) is 8.45. The van der Waals surface area contributed by atoms with E-state index in [4.69, 9.17) is 5.11 Å². The highest BCUT2D eigenvalue weighted by molar-refractivity contribution is 8.93. The summed E-state index contributed by atoms with van der Waals surface area (Å²) in [5, 5.41) is 8.57. The average Bonchev–Trinajstić information content (AvgIpc) is 1.88.